The Morgan fingerprint density at radius 2 is 1.78 bits per heavy atom. The number of halogens is 3. The summed E-state index contributed by atoms with van der Waals surface area (Å²) in [6, 6.07) is 0.504. The molecule has 102 valence electrons. The van der Waals surface area contributed by atoms with E-state index in [-0.39, 0.29) is 30.8 Å². The maximum atomic E-state index is 13.2. The van der Waals surface area contributed by atoms with Gasteiger partial charge >= 0.3 is 0 Å². The van der Waals surface area contributed by atoms with Crippen LogP contribution in [-0.2, 0) is 4.79 Å². The van der Waals surface area contributed by atoms with Crippen LogP contribution in [0.2, 0.25) is 0 Å². The molecule has 1 saturated carbocycles. The van der Waals surface area contributed by atoms with Crippen LogP contribution in [0.15, 0.2) is 0 Å². The van der Waals surface area contributed by atoms with Gasteiger partial charge in [-0.1, -0.05) is 0 Å². The van der Waals surface area contributed by atoms with Gasteiger partial charge in [0.25, 0.3) is 0 Å². The Morgan fingerprint density at radius 3 is 2.28 bits per heavy atom. The molecular formula is C12H17F2IN2O. The lowest BCUT2D eigenvalue weighted by molar-refractivity contribution is -0.141. The van der Waals surface area contributed by atoms with Crippen molar-refractivity contribution in [2.75, 3.05) is 13.1 Å². The lowest BCUT2D eigenvalue weighted by atomic mass is 10.0. The monoisotopic (exact) mass is 370 g/mol. The molecular weight excluding hydrogens is 353 g/mol. The van der Waals surface area contributed by atoms with E-state index in [0.29, 0.717) is 6.42 Å². The quantitative estimate of drug-likeness (QED) is 0.523. The highest BCUT2D eigenvalue weighted by Crippen LogP contribution is 2.42. The molecule has 3 nitrogen and oxygen atoms in total. The van der Waals surface area contributed by atoms with Gasteiger partial charge in [0.2, 0.25) is 11.8 Å². The SMILES string of the molecule is O=C(C1CCC(F)(F)C1)N1C2CCC1CN(I)C2. The smallest absolute Gasteiger partial charge is 0.248 e. The molecule has 6 heteroatoms. The molecule has 2 saturated heterocycles. The van der Waals surface area contributed by atoms with Gasteiger partial charge in [0.05, 0.1) is 0 Å². The Morgan fingerprint density at radius 1 is 1.17 bits per heavy atom. The van der Waals surface area contributed by atoms with E-state index in [9.17, 15) is 13.6 Å². The second-order valence-corrected chi connectivity index (χ2v) is 7.12. The average molecular weight is 370 g/mol. The number of nitrogens with zero attached hydrogens (tertiary/aromatic N) is 2. The Bertz CT molecular complexity index is 352. The third kappa shape index (κ3) is 2.26. The maximum absolute atomic E-state index is 13.2. The second-order valence-electron chi connectivity index (χ2n) is 5.75. The van der Waals surface area contributed by atoms with Crippen LogP contribution < -0.4 is 0 Å². The van der Waals surface area contributed by atoms with Gasteiger partial charge in [0.1, 0.15) is 0 Å². The van der Waals surface area contributed by atoms with Crippen LogP contribution in [0.25, 0.3) is 0 Å². The molecule has 1 aliphatic carbocycles. The van der Waals surface area contributed by atoms with Crippen molar-refractivity contribution >= 4 is 28.8 Å². The zero-order chi connectivity index (χ0) is 12.9. The number of hydrogen-bond acceptors (Lipinski definition) is 2. The highest BCUT2D eigenvalue weighted by molar-refractivity contribution is 14.1. The van der Waals surface area contributed by atoms with Gasteiger partial charge in [-0.05, 0) is 19.3 Å². The van der Waals surface area contributed by atoms with E-state index >= 15 is 0 Å². The van der Waals surface area contributed by atoms with Gasteiger partial charge in [-0.15, -0.1) is 0 Å². The van der Waals surface area contributed by atoms with Gasteiger partial charge < -0.3 is 4.90 Å². The summed E-state index contributed by atoms with van der Waals surface area (Å²) in [6.07, 6.45) is 2.05. The third-order valence-corrected chi connectivity index (χ3v) is 5.23. The molecule has 3 aliphatic rings. The van der Waals surface area contributed by atoms with Crippen LogP contribution in [0, 0.1) is 5.92 Å². The largest absolute Gasteiger partial charge is 0.334 e. The first-order valence-electron chi connectivity index (χ1n) is 6.57. The van der Waals surface area contributed by atoms with Crippen molar-refractivity contribution in [3.63, 3.8) is 0 Å². The molecule has 2 heterocycles. The molecule has 0 aromatic rings. The van der Waals surface area contributed by atoms with Crippen molar-refractivity contribution in [1.29, 1.82) is 0 Å². The zero-order valence-corrected chi connectivity index (χ0v) is 12.3. The standard InChI is InChI=1S/C12H17F2IN2O/c13-12(14)4-3-8(5-12)11(18)17-9-1-2-10(17)7-16(15)6-9/h8-10H,1-7H2. The fourth-order valence-corrected chi connectivity index (χ4v) is 4.49. The summed E-state index contributed by atoms with van der Waals surface area (Å²) < 4.78 is 28.6. The fraction of sp³-hybridized carbons (Fsp3) is 0.917. The van der Waals surface area contributed by atoms with Crippen LogP contribution in [0.4, 0.5) is 8.78 Å². The van der Waals surface area contributed by atoms with E-state index in [1.165, 1.54) is 0 Å². The number of carbonyl (C=O) groups is 1. The predicted octanol–water partition coefficient (Wildman–Crippen LogP) is 2.45. The minimum atomic E-state index is -2.62. The van der Waals surface area contributed by atoms with Crippen LogP contribution in [0.1, 0.15) is 32.1 Å². The normalized spacial score (nSPS) is 39.3. The number of alkyl halides is 2. The summed E-state index contributed by atoms with van der Waals surface area (Å²) in [5, 5.41) is 0. The fourth-order valence-electron chi connectivity index (χ4n) is 3.58. The number of fused-ring (bicyclic) bond motifs is 2. The van der Waals surface area contributed by atoms with Gasteiger partial charge in [-0.3, -0.25) is 4.79 Å². The topological polar surface area (TPSA) is 23.6 Å². The van der Waals surface area contributed by atoms with Crippen molar-refractivity contribution in [1.82, 2.24) is 8.01 Å². The molecule has 2 aliphatic heterocycles. The number of piperazine rings is 1. The minimum Gasteiger partial charge on any atom is -0.334 e. The van der Waals surface area contributed by atoms with E-state index in [1.807, 2.05) is 4.90 Å². The molecule has 0 radical (unpaired) electrons. The number of amides is 1. The lowest BCUT2D eigenvalue weighted by Gasteiger charge is -2.39. The minimum absolute atomic E-state index is 0.0100. The summed E-state index contributed by atoms with van der Waals surface area (Å²) in [7, 11) is 0. The number of carbonyl (C=O) groups excluding carboxylic acids is 1. The molecule has 18 heavy (non-hydrogen) atoms. The molecule has 3 rings (SSSR count). The van der Waals surface area contributed by atoms with Crippen molar-refractivity contribution in [3.8, 4) is 0 Å². The Hall–Kier alpha value is 0.0200. The third-order valence-electron chi connectivity index (χ3n) is 4.44. The van der Waals surface area contributed by atoms with Gasteiger partial charge in [-0.2, -0.15) is 0 Å². The molecule has 2 bridgehead atoms. The molecule has 0 spiro atoms. The average Bonchev–Trinajstić information content (AvgIpc) is 2.77. The molecule has 3 atom stereocenters. The van der Waals surface area contributed by atoms with Crippen LogP contribution >= 0.6 is 22.9 Å². The molecule has 0 N–H and O–H groups in total. The van der Waals surface area contributed by atoms with E-state index in [1.54, 1.807) is 0 Å². The van der Waals surface area contributed by atoms with Crippen LogP contribution in [0.5, 0.6) is 0 Å². The Labute approximate surface area is 119 Å². The van der Waals surface area contributed by atoms with Crippen LogP contribution in [0.3, 0.4) is 0 Å². The Balaban J connectivity index is 1.71. The van der Waals surface area contributed by atoms with Crippen molar-refractivity contribution in [2.24, 2.45) is 5.92 Å². The predicted molar refractivity (Wildman–Crippen MR) is 71.5 cm³/mol. The summed E-state index contributed by atoms with van der Waals surface area (Å²) in [6.45, 7) is 1.76. The van der Waals surface area contributed by atoms with Crippen molar-refractivity contribution < 1.29 is 13.6 Å². The number of rotatable bonds is 1. The van der Waals surface area contributed by atoms with E-state index in [0.717, 1.165) is 25.9 Å². The van der Waals surface area contributed by atoms with Gasteiger partial charge in [0.15, 0.2) is 0 Å². The zero-order valence-electron chi connectivity index (χ0n) is 10.1. The highest BCUT2D eigenvalue weighted by atomic mass is 127. The maximum Gasteiger partial charge on any atom is 0.248 e. The van der Waals surface area contributed by atoms with E-state index in [4.69, 9.17) is 0 Å². The Kier molecular flexibility index (Phi) is 3.28. The summed E-state index contributed by atoms with van der Waals surface area (Å²) in [5.41, 5.74) is 0. The van der Waals surface area contributed by atoms with Crippen LogP contribution in [-0.4, -0.2) is 45.0 Å². The highest BCUT2D eigenvalue weighted by Gasteiger charge is 2.48. The summed E-state index contributed by atoms with van der Waals surface area (Å²) >= 11 is 2.29. The van der Waals surface area contributed by atoms with Crippen molar-refractivity contribution in [3.05, 3.63) is 0 Å². The molecule has 0 aromatic carbocycles. The van der Waals surface area contributed by atoms with Gasteiger partial charge in [-0.25, -0.2) is 11.9 Å². The first-order valence-corrected chi connectivity index (χ1v) is 7.53. The number of hydrogen-bond donors (Lipinski definition) is 0. The van der Waals surface area contributed by atoms with E-state index in [2.05, 4.69) is 26.0 Å². The lowest BCUT2D eigenvalue weighted by Crippen LogP contribution is -2.54. The molecule has 3 unspecified atom stereocenters. The first kappa shape index (κ1) is 13.0. The second kappa shape index (κ2) is 4.54. The summed E-state index contributed by atoms with van der Waals surface area (Å²) in [5.74, 6) is -3.07. The molecule has 1 amide bonds. The molecule has 0 aromatic heterocycles. The molecule has 3 fully saturated rings. The van der Waals surface area contributed by atoms with Crippen molar-refractivity contribution in [2.45, 2.75) is 50.1 Å². The van der Waals surface area contributed by atoms with Gasteiger partial charge in [0, 0.05) is 66.8 Å². The van der Waals surface area contributed by atoms with E-state index < -0.39 is 11.8 Å². The first-order chi connectivity index (χ1) is 8.46. The summed E-state index contributed by atoms with van der Waals surface area (Å²) in [4.78, 5) is 14.4.